The van der Waals surface area contributed by atoms with E-state index in [-0.39, 0.29) is 11.8 Å². The molecule has 7 heteroatoms. The van der Waals surface area contributed by atoms with E-state index in [0.717, 1.165) is 31.8 Å². The number of hydrogen-bond donors (Lipinski definition) is 1. The van der Waals surface area contributed by atoms with Gasteiger partial charge in [0.25, 0.3) is 0 Å². The van der Waals surface area contributed by atoms with E-state index < -0.39 is 24.7 Å². The number of carbonyl (C=O) groups is 2. The van der Waals surface area contributed by atoms with Crippen molar-refractivity contribution in [3.63, 3.8) is 0 Å². The number of rotatable bonds is 3. The van der Waals surface area contributed by atoms with Gasteiger partial charge in [0, 0.05) is 6.08 Å². The van der Waals surface area contributed by atoms with Crippen LogP contribution >= 0.6 is 0 Å². The highest BCUT2D eigenvalue weighted by molar-refractivity contribution is 5.78. The maximum Gasteiger partial charge on any atom is 0.422 e. The van der Waals surface area contributed by atoms with Gasteiger partial charge in [0.1, 0.15) is 0 Å². The zero-order valence-electron chi connectivity index (χ0n) is 10.9. The van der Waals surface area contributed by atoms with E-state index in [0.29, 0.717) is 5.92 Å². The normalized spacial score (nSPS) is 27.4. The van der Waals surface area contributed by atoms with Crippen molar-refractivity contribution in [2.24, 2.45) is 17.8 Å². The van der Waals surface area contributed by atoms with Gasteiger partial charge in [0.15, 0.2) is 6.61 Å². The summed E-state index contributed by atoms with van der Waals surface area (Å²) in [5.41, 5.74) is 0. The van der Waals surface area contributed by atoms with E-state index in [2.05, 4.69) is 11.3 Å². The summed E-state index contributed by atoms with van der Waals surface area (Å²) in [5.74, 6) is -1.09. The predicted molar refractivity (Wildman–Crippen MR) is 63.8 cm³/mol. The number of fused-ring (bicyclic) bond motifs is 2. The second kappa shape index (κ2) is 6.76. The first-order chi connectivity index (χ1) is 9.23. The molecule has 114 valence electrons. The van der Waals surface area contributed by atoms with Gasteiger partial charge in [-0.3, -0.25) is 4.79 Å². The number of ether oxygens (including phenoxy) is 1. The number of esters is 1. The lowest BCUT2D eigenvalue weighted by Crippen LogP contribution is -2.27. The fraction of sp³-hybridized carbons (Fsp3) is 0.692. The molecule has 2 bridgehead atoms. The van der Waals surface area contributed by atoms with Crippen LogP contribution in [0.5, 0.6) is 0 Å². The summed E-state index contributed by atoms with van der Waals surface area (Å²) < 4.78 is 39.7. The molecule has 3 unspecified atom stereocenters. The van der Waals surface area contributed by atoms with Crippen molar-refractivity contribution < 1.29 is 32.6 Å². The van der Waals surface area contributed by atoms with Crippen molar-refractivity contribution in [1.29, 1.82) is 0 Å². The van der Waals surface area contributed by atoms with Crippen LogP contribution in [-0.4, -0.2) is 29.8 Å². The molecule has 0 spiro atoms. The van der Waals surface area contributed by atoms with Gasteiger partial charge in [-0.05, 0) is 31.1 Å². The van der Waals surface area contributed by atoms with Crippen LogP contribution in [0.4, 0.5) is 13.2 Å². The fourth-order valence-electron chi connectivity index (χ4n) is 2.79. The Hall–Kier alpha value is -1.53. The number of hydrogen-bond acceptors (Lipinski definition) is 3. The molecule has 2 aliphatic rings. The minimum atomic E-state index is -4.41. The lowest BCUT2D eigenvalue weighted by Gasteiger charge is -2.20. The van der Waals surface area contributed by atoms with E-state index in [1.807, 2.05) is 0 Å². The van der Waals surface area contributed by atoms with Crippen LogP contribution in [0.3, 0.4) is 0 Å². The zero-order chi connectivity index (χ0) is 15.3. The largest absolute Gasteiger partial charge is 0.478 e. The van der Waals surface area contributed by atoms with Crippen LogP contribution in [0.25, 0.3) is 0 Å². The molecule has 2 saturated carbocycles. The van der Waals surface area contributed by atoms with Crippen molar-refractivity contribution >= 4 is 11.9 Å². The highest BCUT2D eigenvalue weighted by Gasteiger charge is 2.44. The Morgan fingerprint density at radius 2 is 1.90 bits per heavy atom. The van der Waals surface area contributed by atoms with Crippen molar-refractivity contribution in [2.75, 3.05) is 6.61 Å². The Kier molecular flexibility index (Phi) is 5.59. The Balaban J connectivity index is 0.000000347. The smallest absolute Gasteiger partial charge is 0.422 e. The second-order valence-electron chi connectivity index (χ2n) is 5.05. The van der Waals surface area contributed by atoms with Gasteiger partial charge in [-0.1, -0.05) is 13.0 Å². The minimum absolute atomic E-state index is 0.272. The van der Waals surface area contributed by atoms with Crippen molar-refractivity contribution in [2.45, 2.75) is 31.9 Å². The Bertz CT molecular complexity index is 378. The van der Waals surface area contributed by atoms with Crippen LogP contribution in [0.15, 0.2) is 12.7 Å². The maximum atomic E-state index is 11.8. The summed E-state index contributed by atoms with van der Waals surface area (Å²) >= 11 is 0. The molecular formula is C13H17F3O4. The van der Waals surface area contributed by atoms with Gasteiger partial charge in [-0.15, -0.1) is 0 Å². The number of halogens is 3. The van der Waals surface area contributed by atoms with Gasteiger partial charge in [-0.2, -0.15) is 13.2 Å². The number of carboxylic acid groups (broad SMARTS) is 1. The molecule has 2 aliphatic carbocycles. The quantitative estimate of drug-likeness (QED) is 0.642. The average molecular weight is 294 g/mol. The SMILES string of the molecule is C=CC(=O)O.O=C(OCC(F)(F)F)C1CC2CCC1C2. The predicted octanol–water partition coefficient (Wildman–Crippen LogP) is 2.79. The molecule has 0 saturated heterocycles. The van der Waals surface area contributed by atoms with Crippen LogP contribution in [0, 0.1) is 17.8 Å². The van der Waals surface area contributed by atoms with Gasteiger partial charge in [-0.25, -0.2) is 4.79 Å². The monoisotopic (exact) mass is 294 g/mol. The Morgan fingerprint density at radius 1 is 1.30 bits per heavy atom. The standard InChI is InChI=1S/C10H13F3O2.C3H4O2/c11-10(12,13)5-15-9(14)8-4-6-1-2-7(8)3-6;1-2-3(4)5/h6-8H,1-5H2;2H,1H2,(H,4,5). The lowest BCUT2D eigenvalue weighted by atomic mass is 9.89. The molecule has 3 atom stereocenters. The lowest BCUT2D eigenvalue weighted by molar-refractivity contribution is -0.190. The average Bonchev–Trinajstić information content (AvgIpc) is 2.98. The molecule has 4 nitrogen and oxygen atoms in total. The second-order valence-corrected chi connectivity index (χ2v) is 5.05. The Morgan fingerprint density at radius 3 is 2.25 bits per heavy atom. The topological polar surface area (TPSA) is 63.6 Å². The van der Waals surface area contributed by atoms with Crippen molar-refractivity contribution in [1.82, 2.24) is 0 Å². The highest BCUT2D eigenvalue weighted by atomic mass is 19.4. The summed E-state index contributed by atoms with van der Waals surface area (Å²) in [5, 5.41) is 7.60. The maximum absolute atomic E-state index is 11.8. The molecule has 20 heavy (non-hydrogen) atoms. The first-order valence-corrected chi connectivity index (χ1v) is 6.31. The summed E-state index contributed by atoms with van der Waals surface area (Å²) in [6.07, 6.45) is 0.227. The summed E-state index contributed by atoms with van der Waals surface area (Å²) in [6, 6.07) is 0. The summed E-state index contributed by atoms with van der Waals surface area (Å²) in [4.78, 5) is 20.6. The molecule has 0 aromatic carbocycles. The molecular weight excluding hydrogens is 277 g/mol. The van der Waals surface area contributed by atoms with Gasteiger partial charge in [0.05, 0.1) is 5.92 Å². The number of carbonyl (C=O) groups excluding carboxylic acids is 1. The van der Waals surface area contributed by atoms with E-state index >= 15 is 0 Å². The van der Waals surface area contributed by atoms with Crippen LogP contribution in [0.2, 0.25) is 0 Å². The van der Waals surface area contributed by atoms with E-state index in [9.17, 15) is 22.8 Å². The molecule has 0 heterocycles. The number of alkyl halides is 3. The third kappa shape index (κ3) is 5.22. The third-order valence-electron chi connectivity index (χ3n) is 3.59. The summed E-state index contributed by atoms with van der Waals surface area (Å²) in [6.45, 7) is 1.52. The molecule has 1 N–H and O–H groups in total. The Labute approximate surface area is 114 Å². The van der Waals surface area contributed by atoms with E-state index in [4.69, 9.17) is 5.11 Å². The van der Waals surface area contributed by atoms with Crippen molar-refractivity contribution in [3.05, 3.63) is 12.7 Å². The minimum Gasteiger partial charge on any atom is -0.478 e. The van der Waals surface area contributed by atoms with Crippen LogP contribution in [0.1, 0.15) is 25.7 Å². The molecule has 0 aromatic rings. The van der Waals surface area contributed by atoms with Gasteiger partial charge < -0.3 is 9.84 Å². The first-order valence-electron chi connectivity index (χ1n) is 6.31. The highest BCUT2D eigenvalue weighted by Crippen LogP contribution is 2.48. The van der Waals surface area contributed by atoms with Crippen molar-refractivity contribution in [3.8, 4) is 0 Å². The third-order valence-corrected chi connectivity index (χ3v) is 3.59. The van der Waals surface area contributed by atoms with Gasteiger partial charge in [0.2, 0.25) is 0 Å². The molecule has 0 aromatic heterocycles. The number of aliphatic carboxylic acids is 1. The number of carboxylic acids is 1. The molecule has 2 rings (SSSR count). The molecule has 0 radical (unpaired) electrons. The zero-order valence-corrected chi connectivity index (χ0v) is 10.9. The molecule has 2 fully saturated rings. The fourth-order valence-corrected chi connectivity index (χ4v) is 2.79. The first kappa shape index (κ1) is 16.5. The van der Waals surface area contributed by atoms with E-state index in [1.165, 1.54) is 0 Å². The van der Waals surface area contributed by atoms with Crippen LogP contribution in [-0.2, 0) is 14.3 Å². The van der Waals surface area contributed by atoms with E-state index in [1.54, 1.807) is 0 Å². The molecule has 0 aliphatic heterocycles. The molecule has 0 amide bonds. The van der Waals surface area contributed by atoms with Crippen LogP contribution < -0.4 is 0 Å². The summed E-state index contributed by atoms with van der Waals surface area (Å²) in [7, 11) is 0. The van der Waals surface area contributed by atoms with Gasteiger partial charge >= 0.3 is 18.1 Å².